The fourth-order valence-corrected chi connectivity index (χ4v) is 3.29. The molecule has 128 valence electrons. The Morgan fingerprint density at radius 2 is 1.83 bits per heavy atom. The second-order valence-electron chi connectivity index (χ2n) is 5.22. The van der Waals surface area contributed by atoms with Crippen LogP contribution in [0.1, 0.15) is 26.7 Å². The normalized spacial score (nSPS) is 13.1. The Balaban J connectivity index is 2.02. The largest absolute Gasteiger partial charge is 0.454 e. The van der Waals surface area contributed by atoms with Gasteiger partial charge in [0, 0.05) is 19.2 Å². The number of amides is 1. The van der Waals surface area contributed by atoms with Gasteiger partial charge >= 0.3 is 0 Å². The van der Waals surface area contributed by atoms with Crippen LogP contribution in [0.2, 0.25) is 0 Å². The molecule has 1 aromatic carbocycles. The summed E-state index contributed by atoms with van der Waals surface area (Å²) in [4.78, 5) is 13.9. The molecule has 2 rings (SSSR count). The van der Waals surface area contributed by atoms with Gasteiger partial charge in [-0.25, -0.2) is 13.1 Å². The molecule has 0 radical (unpaired) electrons. The quantitative estimate of drug-likeness (QED) is 0.771. The van der Waals surface area contributed by atoms with Crippen molar-refractivity contribution in [2.75, 3.05) is 26.4 Å². The summed E-state index contributed by atoms with van der Waals surface area (Å²) in [5.41, 5.74) is 0. The van der Waals surface area contributed by atoms with E-state index in [9.17, 15) is 13.2 Å². The van der Waals surface area contributed by atoms with E-state index in [2.05, 4.69) is 4.72 Å². The van der Waals surface area contributed by atoms with Crippen molar-refractivity contribution in [2.45, 2.75) is 31.6 Å². The van der Waals surface area contributed by atoms with Crippen molar-refractivity contribution in [3.8, 4) is 11.5 Å². The smallest absolute Gasteiger partial charge is 0.241 e. The van der Waals surface area contributed by atoms with Crippen LogP contribution < -0.4 is 14.2 Å². The molecule has 1 amide bonds. The molecule has 0 bridgehead atoms. The number of carbonyl (C=O) groups is 1. The molecule has 1 aliphatic rings. The van der Waals surface area contributed by atoms with Crippen LogP contribution in [0.3, 0.4) is 0 Å². The first-order valence-corrected chi connectivity index (χ1v) is 9.13. The molecular weight excluding hydrogens is 320 g/mol. The van der Waals surface area contributed by atoms with Crippen molar-refractivity contribution in [3.05, 3.63) is 18.2 Å². The van der Waals surface area contributed by atoms with Crippen LogP contribution in [-0.2, 0) is 14.8 Å². The highest BCUT2D eigenvalue weighted by molar-refractivity contribution is 7.89. The van der Waals surface area contributed by atoms with E-state index in [-0.39, 0.29) is 24.1 Å². The predicted molar refractivity (Wildman–Crippen MR) is 84.9 cm³/mol. The summed E-state index contributed by atoms with van der Waals surface area (Å²) in [6.45, 7) is 5.03. The van der Waals surface area contributed by atoms with Crippen molar-refractivity contribution in [1.82, 2.24) is 9.62 Å². The van der Waals surface area contributed by atoms with Crippen LogP contribution in [0.5, 0.6) is 11.5 Å². The molecule has 1 heterocycles. The molecule has 1 aromatic rings. The third kappa shape index (κ3) is 4.35. The number of ether oxygens (including phenoxy) is 2. The number of rotatable bonds is 8. The zero-order valence-corrected chi connectivity index (χ0v) is 14.2. The maximum atomic E-state index is 12.3. The van der Waals surface area contributed by atoms with E-state index in [1.807, 2.05) is 13.8 Å². The molecule has 0 saturated heterocycles. The highest BCUT2D eigenvalue weighted by atomic mass is 32.2. The summed E-state index contributed by atoms with van der Waals surface area (Å²) in [5.74, 6) is 0.674. The van der Waals surface area contributed by atoms with Gasteiger partial charge in [0.25, 0.3) is 0 Å². The van der Waals surface area contributed by atoms with Crippen molar-refractivity contribution in [1.29, 1.82) is 0 Å². The number of nitrogens with one attached hydrogen (secondary N) is 1. The van der Waals surface area contributed by atoms with Crippen LogP contribution in [0.15, 0.2) is 23.1 Å². The van der Waals surface area contributed by atoms with E-state index in [0.717, 1.165) is 12.8 Å². The molecule has 0 fully saturated rings. The van der Waals surface area contributed by atoms with E-state index < -0.39 is 10.0 Å². The fourth-order valence-electron chi connectivity index (χ4n) is 2.30. The minimum absolute atomic E-state index is 0.0482. The van der Waals surface area contributed by atoms with Gasteiger partial charge in [-0.15, -0.1) is 0 Å². The van der Waals surface area contributed by atoms with Crippen LogP contribution in [0.4, 0.5) is 0 Å². The number of nitrogens with zero attached hydrogens (tertiary/aromatic N) is 1. The molecule has 8 heteroatoms. The summed E-state index contributed by atoms with van der Waals surface area (Å²) in [6.07, 6.45) is 1.67. The molecule has 0 atom stereocenters. The summed E-state index contributed by atoms with van der Waals surface area (Å²) in [5, 5.41) is 0. The Bertz CT molecular complexity index is 654. The van der Waals surface area contributed by atoms with E-state index >= 15 is 0 Å². The minimum Gasteiger partial charge on any atom is -0.454 e. The van der Waals surface area contributed by atoms with E-state index in [4.69, 9.17) is 9.47 Å². The zero-order valence-electron chi connectivity index (χ0n) is 13.4. The summed E-state index contributed by atoms with van der Waals surface area (Å²) < 4.78 is 37.3. The molecule has 1 N–H and O–H groups in total. The molecule has 1 aliphatic heterocycles. The highest BCUT2D eigenvalue weighted by Crippen LogP contribution is 2.33. The Labute approximate surface area is 136 Å². The van der Waals surface area contributed by atoms with Gasteiger partial charge in [0.15, 0.2) is 11.5 Å². The lowest BCUT2D eigenvalue weighted by atomic mass is 10.3. The average molecular weight is 342 g/mol. The van der Waals surface area contributed by atoms with Gasteiger partial charge in [-0.1, -0.05) is 13.8 Å². The Morgan fingerprint density at radius 3 is 2.48 bits per heavy atom. The van der Waals surface area contributed by atoms with E-state index in [0.29, 0.717) is 24.6 Å². The van der Waals surface area contributed by atoms with Crippen molar-refractivity contribution in [3.63, 3.8) is 0 Å². The first-order chi connectivity index (χ1) is 11.0. The lowest BCUT2D eigenvalue weighted by molar-refractivity contribution is -0.130. The van der Waals surface area contributed by atoms with Crippen LogP contribution in [0.25, 0.3) is 0 Å². The van der Waals surface area contributed by atoms with Gasteiger partial charge in [-0.3, -0.25) is 4.79 Å². The number of carbonyl (C=O) groups excluding carboxylic acids is 1. The van der Waals surface area contributed by atoms with Gasteiger partial charge < -0.3 is 14.4 Å². The number of hydrogen-bond donors (Lipinski definition) is 1. The third-order valence-corrected chi connectivity index (χ3v) is 4.81. The molecule has 0 unspecified atom stereocenters. The van der Waals surface area contributed by atoms with Crippen molar-refractivity contribution < 1.29 is 22.7 Å². The lowest BCUT2D eigenvalue weighted by Crippen LogP contribution is -2.40. The van der Waals surface area contributed by atoms with Crippen LogP contribution >= 0.6 is 0 Å². The van der Waals surface area contributed by atoms with Crippen LogP contribution in [-0.4, -0.2) is 45.7 Å². The number of fused-ring (bicyclic) bond motifs is 1. The maximum absolute atomic E-state index is 12.3. The Kier molecular flexibility index (Phi) is 5.84. The lowest BCUT2D eigenvalue weighted by Gasteiger charge is -2.21. The zero-order chi connectivity index (χ0) is 16.9. The van der Waals surface area contributed by atoms with E-state index in [1.165, 1.54) is 12.1 Å². The third-order valence-electron chi connectivity index (χ3n) is 3.41. The molecule has 0 aromatic heterocycles. The molecule has 0 aliphatic carbocycles. The Hall–Kier alpha value is -1.80. The minimum atomic E-state index is -3.77. The van der Waals surface area contributed by atoms with Crippen LogP contribution in [0, 0.1) is 0 Å². The molecule has 0 spiro atoms. The average Bonchev–Trinajstić information content (AvgIpc) is 3.00. The molecule has 23 heavy (non-hydrogen) atoms. The molecule has 7 nitrogen and oxygen atoms in total. The molecular formula is C15H22N2O5S. The van der Waals surface area contributed by atoms with Gasteiger partial charge in [-0.2, -0.15) is 0 Å². The standard InChI is InChI=1S/C15H22N2O5S/c1-3-7-17(8-4-2)15(18)10-16-23(19,20)12-5-6-13-14(9-12)22-11-21-13/h5-6,9,16H,3-4,7-8,10-11H2,1-2H3. The number of sulfonamides is 1. The predicted octanol–water partition coefficient (Wildman–Crippen LogP) is 1.34. The first kappa shape index (κ1) is 17.6. The monoisotopic (exact) mass is 342 g/mol. The summed E-state index contributed by atoms with van der Waals surface area (Å²) in [7, 11) is -3.77. The second kappa shape index (κ2) is 7.65. The van der Waals surface area contributed by atoms with E-state index in [1.54, 1.807) is 11.0 Å². The van der Waals surface area contributed by atoms with Crippen molar-refractivity contribution in [2.24, 2.45) is 0 Å². The maximum Gasteiger partial charge on any atom is 0.241 e. The van der Waals surface area contributed by atoms with Gasteiger partial charge in [0.05, 0.1) is 11.4 Å². The van der Waals surface area contributed by atoms with Gasteiger partial charge in [0.1, 0.15) is 0 Å². The van der Waals surface area contributed by atoms with Gasteiger partial charge in [-0.05, 0) is 25.0 Å². The number of hydrogen-bond acceptors (Lipinski definition) is 5. The SMILES string of the molecule is CCCN(CCC)C(=O)CNS(=O)(=O)c1ccc2c(c1)OCO2. The topological polar surface area (TPSA) is 84.9 Å². The first-order valence-electron chi connectivity index (χ1n) is 7.65. The summed E-state index contributed by atoms with van der Waals surface area (Å²) in [6, 6.07) is 4.36. The molecule has 0 saturated carbocycles. The fraction of sp³-hybridized carbons (Fsp3) is 0.533. The van der Waals surface area contributed by atoms with Crippen molar-refractivity contribution >= 4 is 15.9 Å². The second-order valence-corrected chi connectivity index (χ2v) is 6.99. The van der Waals surface area contributed by atoms with Gasteiger partial charge in [0.2, 0.25) is 22.7 Å². The summed E-state index contributed by atoms with van der Waals surface area (Å²) >= 11 is 0. The number of benzene rings is 1. The Morgan fingerprint density at radius 1 is 1.17 bits per heavy atom. The highest BCUT2D eigenvalue weighted by Gasteiger charge is 2.22.